The van der Waals surface area contributed by atoms with Crippen LogP contribution in [0.25, 0.3) is 0 Å². The van der Waals surface area contributed by atoms with Gasteiger partial charge in [0.15, 0.2) is 5.78 Å². The molecule has 0 aliphatic carbocycles. The lowest BCUT2D eigenvalue weighted by Crippen LogP contribution is -2.18. The van der Waals surface area contributed by atoms with Crippen LogP contribution in [0.2, 0.25) is 0 Å². The fraction of sp³-hybridized carbons (Fsp3) is 0.222. The maximum atomic E-state index is 11.4. The lowest BCUT2D eigenvalue weighted by Gasteiger charge is -2.01. The van der Waals surface area contributed by atoms with Crippen molar-refractivity contribution in [1.82, 2.24) is 5.32 Å². The Morgan fingerprint density at radius 3 is 2.75 bits per heavy atom. The van der Waals surface area contributed by atoms with Crippen molar-refractivity contribution in [3.8, 4) is 0 Å². The number of ketones is 1. The van der Waals surface area contributed by atoms with Gasteiger partial charge in [-0.25, -0.2) is 0 Å². The average Bonchev–Trinajstić information content (AvgIpc) is 2.05. The van der Waals surface area contributed by atoms with Gasteiger partial charge in [0.25, 0.3) is 0 Å². The minimum Gasteiger partial charge on any atom is -0.313 e. The van der Waals surface area contributed by atoms with Crippen LogP contribution >= 0.6 is 15.9 Å². The molecule has 0 saturated heterocycles. The molecule has 1 N–H and O–H groups in total. The lowest BCUT2D eigenvalue weighted by atomic mass is 10.1. The minimum absolute atomic E-state index is 0.102. The third kappa shape index (κ3) is 2.16. The first-order chi connectivity index (χ1) is 5.75. The molecule has 0 saturated carbocycles. The molecule has 2 nitrogen and oxygen atoms in total. The Morgan fingerprint density at radius 1 is 1.50 bits per heavy atom. The second-order valence-corrected chi connectivity index (χ2v) is 3.29. The van der Waals surface area contributed by atoms with Crippen LogP contribution in [0, 0.1) is 0 Å². The molecule has 0 radical (unpaired) electrons. The number of nitrogens with one attached hydrogen (secondary N) is 1. The van der Waals surface area contributed by atoms with Gasteiger partial charge in [-0.1, -0.05) is 34.1 Å². The standard InChI is InChI=1S/C9H10BrNO/c1-11-6-9(12)7-4-2-3-5-8(7)10/h2-5,11H,6H2,1H3. The molecule has 0 aromatic heterocycles. The van der Waals surface area contributed by atoms with Crippen LogP contribution < -0.4 is 5.32 Å². The Morgan fingerprint density at radius 2 is 2.17 bits per heavy atom. The molecule has 1 aromatic rings. The molecule has 1 rings (SSSR count). The lowest BCUT2D eigenvalue weighted by molar-refractivity contribution is 0.0993. The van der Waals surface area contributed by atoms with Crippen molar-refractivity contribution in [2.45, 2.75) is 0 Å². The summed E-state index contributed by atoms with van der Waals surface area (Å²) >= 11 is 3.32. The zero-order chi connectivity index (χ0) is 8.97. The van der Waals surface area contributed by atoms with E-state index in [2.05, 4.69) is 21.2 Å². The van der Waals surface area contributed by atoms with Crippen LogP contribution in [0.5, 0.6) is 0 Å². The molecule has 3 heteroatoms. The Balaban J connectivity index is 2.87. The van der Waals surface area contributed by atoms with E-state index >= 15 is 0 Å². The summed E-state index contributed by atoms with van der Waals surface area (Å²) in [5.41, 5.74) is 0.729. The number of carbonyl (C=O) groups excluding carboxylic acids is 1. The summed E-state index contributed by atoms with van der Waals surface area (Å²) < 4.78 is 0.852. The van der Waals surface area contributed by atoms with E-state index in [1.54, 1.807) is 7.05 Å². The van der Waals surface area contributed by atoms with Gasteiger partial charge in [-0.2, -0.15) is 0 Å². The molecule has 0 aliphatic heterocycles. The molecule has 1 aromatic carbocycles. The smallest absolute Gasteiger partial charge is 0.177 e. The highest BCUT2D eigenvalue weighted by Crippen LogP contribution is 2.15. The SMILES string of the molecule is CNCC(=O)c1ccccc1Br. The molecule has 0 bridgehead atoms. The van der Waals surface area contributed by atoms with Crippen LogP contribution in [0.1, 0.15) is 10.4 Å². The normalized spacial score (nSPS) is 9.83. The zero-order valence-electron chi connectivity index (χ0n) is 6.80. The second kappa shape index (κ2) is 4.38. The fourth-order valence-electron chi connectivity index (χ4n) is 0.943. The van der Waals surface area contributed by atoms with E-state index in [1.807, 2.05) is 24.3 Å². The number of Topliss-reactive ketones (excluding diaryl/α,β-unsaturated/α-hetero) is 1. The molecule has 0 spiro atoms. The fourth-order valence-corrected chi connectivity index (χ4v) is 1.45. The summed E-state index contributed by atoms with van der Waals surface area (Å²) in [6.45, 7) is 0.378. The molecule has 0 fully saturated rings. The van der Waals surface area contributed by atoms with Crippen molar-refractivity contribution in [1.29, 1.82) is 0 Å². The minimum atomic E-state index is 0.102. The third-order valence-corrected chi connectivity index (χ3v) is 2.20. The largest absolute Gasteiger partial charge is 0.313 e. The predicted octanol–water partition coefficient (Wildman–Crippen LogP) is 1.85. The molecule has 0 heterocycles. The van der Waals surface area contributed by atoms with Crippen molar-refractivity contribution >= 4 is 21.7 Å². The van der Waals surface area contributed by atoms with Crippen LogP contribution in [0.15, 0.2) is 28.7 Å². The number of benzene rings is 1. The summed E-state index contributed by atoms with van der Waals surface area (Å²) in [7, 11) is 1.76. The van der Waals surface area contributed by atoms with Crippen molar-refractivity contribution < 1.29 is 4.79 Å². The van der Waals surface area contributed by atoms with E-state index in [-0.39, 0.29) is 5.78 Å². The molecule has 0 unspecified atom stereocenters. The molecular weight excluding hydrogens is 218 g/mol. The van der Waals surface area contributed by atoms with Gasteiger partial charge >= 0.3 is 0 Å². The maximum absolute atomic E-state index is 11.4. The molecular formula is C9H10BrNO. The highest BCUT2D eigenvalue weighted by Gasteiger charge is 2.06. The third-order valence-electron chi connectivity index (χ3n) is 1.51. The number of halogens is 1. The summed E-state index contributed by atoms with van der Waals surface area (Å²) in [4.78, 5) is 11.4. The molecule has 0 atom stereocenters. The van der Waals surface area contributed by atoms with Gasteiger partial charge in [0.1, 0.15) is 0 Å². The van der Waals surface area contributed by atoms with Gasteiger partial charge in [-0.3, -0.25) is 4.79 Å². The van der Waals surface area contributed by atoms with Gasteiger partial charge in [-0.05, 0) is 13.1 Å². The van der Waals surface area contributed by atoms with Gasteiger partial charge in [0.2, 0.25) is 0 Å². The van der Waals surface area contributed by atoms with Crippen LogP contribution in [0.4, 0.5) is 0 Å². The van der Waals surface area contributed by atoms with Crippen molar-refractivity contribution in [3.05, 3.63) is 34.3 Å². The van der Waals surface area contributed by atoms with Crippen molar-refractivity contribution in [2.24, 2.45) is 0 Å². The predicted molar refractivity (Wildman–Crippen MR) is 52.4 cm³/mol. The Labute approximate surface area is 80.1 Å². The van der Waals surface area contributed by atoms with Gasteiger partial charge in [-0.15, -0.1) is 0 Å². The zero-order valence-corrected chi connectivity index (χ0v) is 8.39. The van der Waals surface area contributed by atoms with Gasteiger partial charge in [0, 0.05) is 10.0 Å². The number of carbonyl (C=O) groups is 1. The first-order valence-electron chi connectivity index (χ1n) is 3.68. The molecule has 0 amide bonds. The number of rotatable bonds is 3. The Kier molecular flexibility index (Phi) is 3.44. The topological polar surface area (TPSA) is 29.1 Å². The van der Waals surface area contributed by atoms with E-state index in [1.165, 1.54) is 0 Å². The van der Waals surface area contributed by atoms with Crippen LogP contribution in [0.3, 0.4) is 0 Å². The molecule has 64 valence electrons. The summed E-state index contributed by atoms with van der Waals surface area (Å²) in [6.07, 6.45) is 0. The monoisotopic (exact) mass is 227 g/mol. The summed E-state index contributed by atoms with van der Waals surface area (Å²) in [5.74, 6) is 0.102. The van der Waals surface area contributed by atoms with E-state index in [0.717, 1.165) is 10.0 Å². The van der Waals surface area contributed by atoms with E-state index in [4.69, 9.17) is 0 Å². The van der Waals surface area contributed by atoms with Gasteiger partial charge < -0.3 is 5.32 Å². The molecule has 0 aliphatic rings. The maximum Gasteiger partial charge on any atom is 0.177 e. The number of likely N-dealkylation sites (N-methyl/N-ethyl adjacent to an activating group) is 1. The van der Waals surface area contributed by atoms with Crippen molar-refractivity contribution in [3.63, 3.8) is 0 Å². The van der Waals surface area contributed by atoms with Crippen LogP contribution in [-0.4, -0.2) is 19.4 Å². The number of hydrogen-bond acceptors (Lipinski definition) is 2. The summed E-state index contributed by atoms with van der Waals surface area (Å²) in [5, 5.41) is 2.82. The highest BCUT2D eigenvalue weighted by atomic mass is 79.9. The number of hydrogen-bond donors (Lipinski definition) is 1. The quantitative estimate of drug-likeness (QED) is 0.800. The Hall–Kier alpha value is -0.670. The van der Waals surface area contributed by atoms with E-state index < -0.39 is 0 Å². The van der Waals surface area contributed by atoms with Crippen molar-refractivity contribution in [2.75, 3.05) is 13.6 Å². The first kappa shape index (κ1) is 9.42. The Bertz CT molecular complexity index is 286. The second-order valence-electron chi connectivity index (χ2n) is 2.43. The van der Waals surface area contributed by atoms with E-state index in [0.29, 0.717) is 6.54 Å². The van der Waals surface area contributed by atoms with Gasteiger partial charge in [0.05, 0.1) is 6.54 Å². The average molecular weight is 228 g/mol. The highest BCUT2D eigenvalue weighted by molar-refractivity contribution is 9.10. The molecule has 12 heavy (non-hydrogen) atoms. The first-order valence-corrected chi connectivity index (χ1v) is 4.47. The summed E-state index contributed by atoms with van der Waals surface area (Å²) in [6, 6.07) is 7.42. The van der Waals surface area contributed by atoms with E-state index in [9.17, 15) is 4.79 Å². The van der Waals surface area contributed by atoms with Crippen LogP contribution in [-0.2, 0) is 0 Å².